The zero-order chi connectivity index (χ0) is 17.4. The van der Waals surface area contributed by atoms with Crippen molar-refractivity contribution in [1.29, 1.82) is 0 Å². The first-order valence-corrected chi connectivity index (χ1v) is 8.22. The Labute approximate surface area is 142 Å². The third kappa shape index (κ3) is 2.77. The van der Waals surface area contributed by atoms with Gasteiger partial charge in [0.15, 0.2) is 5.78 Å². The molecule has 1 aliphatic carbocycles. The number of hydrogen-bond donors (Lipinski definition) is 0. The second-order valence-electron chi connectivity index (χ2n) is 6.65. The van der Waals surface area contributed by atoms with Gasteiger partial charge in [-0.05, 0) is 50.8 Å². The van der Waals surface area contributed by atoms with Gasteiger partial charge in [0.2, 0.25) is 0 Å². The minimum absolute atomic E-state index is 0.117. The van der Waals surface area contributed by atoms with Gasteiger partial charge in [-0.3, -0.25) is 4.79 Å². The van der Waals surface area contributed by atoms with Crippen molar-refractivity contribution in [2.75, 3.05) is 7.11 Å². The molecular formula is C20H23NO3. The molecular weight excluding hydrogens is 302 g/mol. The molecule has 4 heteroatoms. The van der Waals surface area contributed by atoms with E-state index in [0.717, 1.165) is 39.3 Å². The molecule has 0 bridgehead atoms. The van der Waals surface area contributed by atoms with Gasteiger partial charge in [0, 0.05) is 17.9 Å². The lowest BCUT2D eigenvalue weighted by atomic mass is 9.89. The molecule has 0 radical (unpaired) electrons. The number of methoxy groups -OCH3 is 1. The summed E-state index contributed by atoms with van der Waals surface area (Å²) in [7, 11) is 1.65. The van der Waals surface area contributed by atoms with Crippen LogP contribution < -0.4 is 0 Å². The molecule has 3 rings (SSSR count). The predicted octanol–water partition coefficient (Wildman–Crippen LogP) is 4.10. The summed E-state index contributed by atoms with van der Waals surface area (Å²) in [6, 6.07) is 4.24. The van der Waals surface area contributed by atoms with Crippen molar-refractivity contribution in [2.24, 2.45) is 5.92 Å². The highest BCUT2D eigenvalue weighted by Crippen LogP contribution is 2.39. The van der Waals surface area contributed by atoms with Crippen molar-refractivity contribution in [1.82, 2.24) is 5.16 Å². The number of ether oxygens (including phenoxy) is 1. The van der Waals surface area contributed by atoms with Gasteiger partial charge in [0.25, 0.3) is 0 Å². The SMILES string of the molecule is COC1=C(c2c(C)cc(C)cc2C)C(=O)C(Cc2cnoc2C)C1. The number of hydrogen-bond acceptors (Lipinski definition) is 4. The molecule has 0 spiro atoms. The number of allylic oxidation sites excluding steroid dienone is 2. The van der Waals surface area contributed by atoms with E-state index in [0.29, 0.717) is 12.8 Å². The number of nitrogens with zero attached hydrogens (tertiary/aromatic N) is 1. The fourth-order valence-corrected chi connectivity index (χ4v) is 3.73. The molecule has 1 aromatic carbocycles. The monoisotopic (exact) mass is 325 g/mol. The molecule has 24 heavy (non-hydrogen) atoms. The van der Waals surface area contributed by atoms with E-state index in [1.807, 2.05) is 6.92 Å². The topological polar surface area (TPSA) is 52.3 Å². The minimum atomic E-state index is -0.117. The molecule has 0 amide bonds. The van der Waals surface area contributed by atoms with E-state index in [1.54, 1.807) is 13.3 Å². The van der Waals surface area contributed by atoms with Crippen LogP contribution in [0.2, 0.25) is 0 Å². The number of rotatable bonds is 4. The maximum absolute atomic E-state index is 13.1. The molecule has 0 saturated carbocycles. The summed E-state index contributed by atoms with van der Waals surface area (Å²) in [5.41, 5.74) is 6.19. The first-order valence-electron chi connectivity index (χ1n) is 8.22. The minimum Gasteiger partial charge on any atom is -0.500 e. The van der Waals surface area contributed by atoms with Crippen LogP contribution in [0.3, 0.4) is 0 Å². The van der Waals surface area contributed by atoms with Crippen LogP contribution in [0.1, 0.15) is 40.0 Å². The molecule has 1 aromatic heterocycles. The van der Waals surface area contributed by atoms with E-state index in [1.165, 1.54) is 5.56 Å². The van der Waals surface area contributed by atoms with E-state index in [-0.39, 0.29) is 11.7 Å². The van der Waals surface area contributed by atoms with Crippen molar-refractivity contribution in [3.8, 4) is 0 Å². The zero-order valence-electron chi connectivity index (χ0n) is 14.9. The quantitative estimate of drug-likeness (QED) is 0.849. The van der Waals surface area contributed by atoms with Crippen LogP contribution >= 0.6 is 0 Å². The second kappa shape index (κ2) is 6.27. The first-order chi connectivity index (χ1) is 11.4. The standard InChI is InChI=1S/C20H23NO3/c1-11-6-12(2)18(13(3)7-11)19-17(23-5)9-15(20(19)22)8-16-10-21-24-14(16)4/h6-7,10,15H,8-9H2,1-5H3. The van der Waals surface area contributed by atoms with E-state index in [9.17, 15) is 4.79 Å². The van der Waals surface area contributed by atoms with Gasteiger partial charge in [0.1, 0.15) is 11.5 Å². The fraction of sp³-hybridized carbons (Fsp3) is 0.400. The Bertz CT molecular complexity index is 806. The Balaban J connectivity index is 1.98. The third-order valence-electron chi connectivity index (χ3n) is 4.82. The van der Waals surface area contributed by atoms with Crippen molar-refractivity contribution in [2.45, 2.75) is 40.5 Å². The summed E-state index contributed by atoms with van der Waals surface area (Å²) >= 11 is 0. The summed E-state index contributed by atoms with van der Waals surface area (Å²) in [4.78, 5) is 13.1. The summed E-state index contributed by atoms with van der Waals surface area (Å²) in [6.07, 6.45) is 2.96. The highest BCUT2D eigenvalue weighted by Gasteiger charge is 2.36. The average Bonchev–Trinajstić information content (AvgIpc) is 3.04. The van der Waals surface area contributed by atoms with Gasteiger partial charge >= 0.3 is 0 Å². The van der Waals surface area contributed by atoms with Crippen LogP contribution in [-0.2, 0) is 16.0 Å². The maximum atomic E-state index is 13.1. The number of Topliss-reactive ketones (excluding diaryl/α,β-unsaturated/α-hetero) is 1. The largest absolute Gasteiger partial charge is 0.500 e. The lowest BCUT2D eigenvalue weighted by Crippen LogP contribution is -2.14. The highest BCUT2D eigenvalue weighted by molar-refractivity contribution is 6.25. The summed E-state index contributed by atoms with van der Waals surface area (Å²) < 4.78 is 10.7. The number of aryl methyl sites for hydroxylation is 4. The smallest absolute Gasteiger partial charge is 0.170 e. The Morgan fingerprint density at radius 3 is 2.42 bits per heavy atom. The first kappa shape index (κ1) is 16.5. The highest BCUT2D eigenvalue weighted by atomic mass is 16.5. The van der Waals surface area contributed by atoms with Crippen LogP contribution in [0.15, 0.2) is 28.6 Å². The molecule has 2 aromatic rings. The molecule has 126 valence electrons. The summed E-state index contributed by atoms with van der Waals surface area (Å²) in [5.74, 6) is 1.60. The molecule has 0 aliphatic heterocycles. The Kier molecular flexibility index (Phi) is 4.31. The van der Waals surface area contributed by atoms with Crippen molar-refractivity contribution >= 4 is 11.4 Å². The van der Waals surface area contributed by atoms with Crippen molar-refractivity contribution in [3.63, 3.8) is 0 Å². The number of benzene rings is 1. The third-order valence-corrected chi connectivity index (χ3v) is 4.82. The molecule has 0 fully saturated rings. The lowest BCUT2D eigenvalue weighted by Gasteiger charge is -2.14. The van der Waals surface area contributed by atoms with Crippen LogP contribution in [0.4, 0.5) is 0 Å². The average molecular weight is 325 g/mol. The van der Waals surface area contributed by atoms with Gasteiger partial charge in [-0.25, -0.2) is 0 Å². The second-order valence-corrected chi connectivity index (χ2v) is 6.65. The summed E-state index contributed by atoms with van der Waals surface area (Å²) in [6.45, 7) is 8.06. The zero-order valence-corrected chi connectivity index (χ0v) is 14.9. The van der Waals surface area contributed by atoms with E-state index in [2.05, 4.69) is 38.1 Å². The Morgan fingerprint density at radius 2 is 1.88 bits per heavy atom. The van der Waals surface area contributed by atoms with Gasteiger partial charge in [-0.2, -0.15) is 0 Å². The molecule has 1 unspecified atom stereocenters. The number of aromatic nitrogens is 1. The van der Waals surface area contributed by atoms with Crippen molar-refractivity contribution < 1.29 is 14.1 Å². The lowest BCUT2D eigenvalue weighted by molar-refractivity contribution is -0.116. The molecule has 4 nitrogen and oxygen atoms in total. The molecule has 1 heterocycles. The molecule has 0 N–H and O–H groups in total. The van der Waals surface area contributed by atoms with Gasteiger partial charge in [0.05, 0.1) is 18.9 Å². The van der Waals surface area contributed by atoms with E-state index >= 15 is 0 Å². The van der Waals surface area contributed by atoms with E-state index < -0.39 is 0 Å². The maximum Gasteiger partial charge on any atom is 0.170 e. The Morgan fingerprint density at radius 1 is 1.21 bits per heavy atom. The summed E-state index contributed by atoms with van der Waals surface area (Å²) in [5, 5.41) is 3.81. The number of carbonyl (C=O) groups excluding carboxylic acids is 1. The predicted molar refractivity (Wildman–Crippen MR) is 92.6 cm³/mol. The van der Waals surface area contributed by atoms with Gasteiger partial charge in [-0.15, -0.1) is 0 Å². The molecule has 1 atom stereocenters. The van der Waals surface area contributed by atoms with Crippen LogP contribution in [-0.4, -0.2) is 18.0 Å². The molecule has 0 saturated heterocycles. The van der Waals surface area contributed by atoms with Gasteiger partial charge in [-0.1, -0.05) is 22.9 Å². The normalized spacial score (nSPS) is 17.7. The van der Waals surface area contributed by atoms with Gasteiger partial charge < -0.3 is 9.26 Å². The van der Waals surface area contributed by atoms with Crippen molar-refractivity contribution in [3.05, 3.63) is 57.7 Å². The van der Waals surface area contributed by atoms with Crippen LogP contribution in [0.5, 0.6) is 0 Å². The van der Waals surface area contributed by atoms with Crippen LogP contribution in [0, 0.1) is 33.6 Å². The Hall–Kier alpha value is -2.36. The van der Waals surface area contributed by atoms with E-state index in [4.69, 9.17) is 9.26 Å². The van der Waals surface area contributed by atoms with Crippen LogP contribution in [0.25, 0.3) is 5.57 Å². The number of carbonyl (C=O) groups is 1. The number of ketones is 1. The molecule has 1 aliphatic rings. The fourth-order valence-electron chi connectivity index (χ4n) is 3.73.